The summed E-state index contributed by atoms with van der Waals surface area (Å²) < 4.78 is 11.9. The Labute approximate surface area is 96.6 Å². The van der Waals surface area contributed by atoms with Crippen LogP contribution in [0.1, 0.15) is 12.6 Å². The van der Waals surface area contributed by atoms with Crippen molar-refractivity contribution in [2.45, 2.75) is 24.9 Å². The number of aliphatic hydroxyl groups excluding tert-OH is 1. The summed E-state index contributed by atoms with van der Waals surface area (Å²) in [6.07, 6.45) is 0.584. The number of rotatable bonds is 3. The van der Waals surface area contributed by atoms with Gasteiger partial charge in [0.15, 0.2) is 0 Å². The van der Waals surface area contributed by atoms with Gasteiger partial charge in [0.1, 0.15) is 12.3 Å². The Morgan fingerprint density at radius 2 is 2.41 bits per heavy atom. The maximum absolute atomic E-state index is 11.5. The molecular formula is C10H14N2O5. The largest absolute Gasteiger partial charge is 0.394 e. The Bertz CT molecular complexity index is 482. The van der Waals surface area contributed by atoms with Crippen LogP contribution in [0.15, 0.2) is 21.9 Å². The highest BCUT2D eigenvalue weighted by molar-refractivity contribution is 4.88. The van der Waals surface area contributed by atoms with Gasteiger partial charge >= 0.3 is 5.69 Å². The number of H-pyrrole nitrogens is 1. The molecular weight excluding hydrogens is 228 g/mol. The number of aromatic amines is 1. The van der Waals surface area contributed by atoms with E-state index in [0.717, 1.165) is 0 Å². The lowest BCUT2D eigenvalue weighted by atomic mass is 10.2. The predicted octanol–water partition coefficient (Wildman–Crippen LogP) is -1.17. The number of ether oxygens (including phenoxy) is 2. The molecule has 1 aromatic heterocycles. The quantitative estimate of drug-likeness (QED) is 0.696. The van der Waals surface area contributed by atoms with Crippen LogP contribution in [0.2, 0.25) is 0 Å². The monoisotopic (exact) mass is 242 g/mol. The average molecular weight is 242 g/mol. The first kappa shape index (κ1) is 12.0. The molecule has 2 N–H and O–H groups in total. The summed E-state index contributed by atoms with van der Waals surface area (Å²) in [6.45, 7) is -0.174. The molecule has 7 nitrogen and oxygen atoms in total. The molecule has 0 aliphatic carbocycles. The molecule has 0 radical (unpaired) electrons. The van der Waals surface area contributed by atoms with Crippen LogP contribution < -0.4 is 11.2 Å². The van der Waals surface area contributed by atoms with E-state index in [0.29, 0.717) is 6.42 Å². The van der Waals surface area contributed by atoms with Crippen molar-refractivity contribution in [3.8, 4) is 0 Å². The zero-order valence-corrected chi connectivity index (χ0v) is 9.33. The lowest BCUT2D eigenvalue weighted by Crippen LogP contribution is -2.31. The predicted molar refractivity (Wildman–Crippen MR) is 57.7 cm³/mol. The van der Waals surface area contributed by atoms with E-state index in [1.165, 1.54) is 23.9 Å². The SMILES string of the molecule is COC1CC(n2ccc(=O)[nH]c2=O)OC1CO. The van der Waals surface area contributed by atoms with Crippen molar-refractivity contribution in [1.29, 1.82) is 0 Å². The van der Waals surface area contributed by atoms with Gasteiger partial charge in [0.25, 0.3) is 5.56 Å². The Balaban J connectivity index is 2.25. The Morgan fingerprint density at radius 1 is 1.65 bits per heavy atom. The molecule has 0 bridgehead atoms. The second-order valence-electron chi connectivity index (χ2n) is 3.84. The molecule has 1 aromatic rings. The smallest absolute Gasteiger partial charge is 0.330 e. The van der Waals surface area contributed by atoms with Gasteiger partial charge in [0.05, 0.1) is 12.7 Å². The summed E-state index contributed by atoms with van der Waals surface area (Å²) in [5, 5.41) is 9.10. The minimum Gasteiger partial charge on any atom is -0.394 e. The lowest BCUT2D eigenvalue weighted by molar-refractivity contribution is -0.0535. The van der Waals surface area contributed by atoms with Crippen molar-refractivity contribution < 1.29 is 14.6 Å². The number of nitrogens with one attached hydrogen (secondary N) is 1. The highest BCUT2D eigenvalue weighted by Gasteiger charge is 2.36. The molecule has 0 aromatic carbocycles. The summed E-state index contributed by atoms with van der Waals surface area (Å²) in [5.74, 6) is 0. The molecule has 7 heteroatoms. The Kier molecular flexibility index (Phi) is 3.41. The normalized spacial score (nSPS) is 28.5. The second kappa shape index (κ2) is 4.82. The van der Waals surface area contributed by atoms with Gasteiger partial charge in [-0.15, -0.1) is 0 Å². The van der Waals surface area contributed by atoms with Gasteiger partial charge < -0.3 is 14.6 Å². The first-order valence-corrected chi connectivity index (χ1v) is 5.26. The van der Waals surface area contributed by atoms with Crippen molar-refractivity contribution >= 4 is 0 Å². The third kappa shape index (κ3) is 2.31. The van der Waals surface area contributed by atoms with E-state index in [9.17, 15) is 9.59 Å². The Hall–Kier alpha value is -1.44. The van der Waals surface area contributed by atoms with Gasteiger partial charge in [-0.25, -0.2) is 4.79 Å². The van der Waals surface area contributed by atoms with Gasteiger partial charge in [-0.3, -0.25) is 14.3 Å². The maximum atomic E-state index is 11.5. The molecule has 0 amide bonds. The summed E-state index contributed by atoms with van der Waals surface area (Å²) >= 11 is 0. The van der Waals surface area contributed by atoms with Crippen molar-refractivity contribution in [3.05, 3.63) is 33.1 Å². The van der Waals surface area contributed by atoms with Crippen LogP contribution in [0.25, 0.3) is 0 Å². The molecule has 3 unspecified atom stereocenters. The highest BCUT2D eigenvalue weighted by atomic mass is 16.6. The molecule has 2 heterocycles. The number of hydrogen-bond acceptors (Lipinski definition) is 5. The second-order valence-corrected chi connectivity index (χ2v) is 3.84. The number of methoxy groups -OCH3 is 1. The molecule has 1 aliphatic rings. The van der Waals surface area contributed by atoms with E-state index in [1.54, 1.807) is 0 Å². The van der Waals surface area contributed by atoms with Crippen molar-refractivity contribution in [2.75, 3.05) is 13.7 Å². The molecule has 3 atom stereocenters. The lowest BCUT2D eigenvalue weighted by Gasteiger charge is -2.14. The summed E-state index contributed by atoms with van der Waals surface area (Å²) in [7, 11) is 1.52. The summed E-state index contributed by atoms with van der Waals surface area (Å²) in [5.41, 5.74) is -0.984. The number of aliphatic hydroxyl groups is 1. The van der Waals surface area contributed by atoms with Gasteiger partial charge in [0.2, 0.25) is 0 Å². The standard InChI is InChI=1S/C10H14N2O5/c1-16-6-4-9(17-7(6)5-13)12-3-2-8(14)11-10(12)15/h2-3,6-7,9,13H,4-5H2,1H3,(H,11,14,15). The van der Waals surface area contributed by atoms with Crippen LogP contribution in [0.5, 0.6) is 0 Å². The van der Waals surface area contributed by atoms with Crippen LogP contribution >= 0.6 is 0 Å². The number of nitrogens with zero attached hydrogens (tertiary/aromatic N) is 1. The van der Waals surface area contributed by atoms with E-state index in [1.807, 2.05) is 0 Å². The van der Waals surface area contributed by atoms with Crippen molar-refractivity contribution in [2.24, 2.45) is 0 Å². The molecule has 2 rings (SSSR count). The van der Waals surface area contributed by atoms with Gasteiger partial charge in [0, 0.05) is 25.8 Å². The maximum Gasteiger partial charge on any atom is 0.330 e. The fourth-order valence-corrected chi connectivity index (χ4v) is 1.94. The van der Waals surface area contributed by atoms with Gasteiger partial charge in [-0.05, 0) is 0 Å². The first-order chi connectivity index (χ1) is 8.15. The third-order valence-corrected chi connectivity index (χ3v) is 2.82. The summed E-state index contributed by atoms with van der Waals surface area (Å²) in [6, 6.07) is 1.25. The number of aromatic nitrogens is 2. The fraction of sp³-hybridized carbons (Fsp3) is 0.600. The third-order valence-electron chi connectivity index (χ3n) is 2.82. The highest BCUT2D eigenvalue weighted by Crippen LogP contribution is 2.28. The van der Waals surface area contributed by atoms with Crippen LogP contribution in [0, 0.1) is 0 Å². The molecule has 0 saturated carbocycles. The molecule has 1 saturated heterocycles. The Morgan fingerprint density at radius 3 is 2.94 bits per heavy atom. The van der Waals surface area contributed by atoms with E-state index >= 15 is 0 Å². The van der Waals surface area contributed by atoms with Gasteiger partial charge in [-0.2, -0.15) is 0 Å². The van der Waals surface area contributed by atoms with Crippen molar-refractivity contribution in [3.63, 3.8) is 0 Å². The van der Waals surface area contributed by atoms with E-state index in [-0.39, 0.29) is 12.7 Å². The summed E-state index contributed by atoms with van der Waals surface area (Å²) in [4.78, 5) is 24.6. The molecule has 1 fully saturated rings. The van der Waals surface area contributed by atoms with E-state index < -0.39 is 23.6 Å². The zero-order valence-electron chi connectivity index (χ0n) is 9.33. The van der Waals surface area contributed by atoms with E-state index in [2.05, 4.69) is 4.98 Å². The topological polar surface area (TPSA) is 93.6 Å². The zero-order chi connectivity index (χ0) is 12.4. The van der Waals surface area contributed by atoms with Crippen LogP contribution in [0.4, 0.5) is 0 Å². The molecule has 17 heavy (non-hydrogen) atoms. The average Bonchev–Trinajstić information content (AvgIpc) is 2.72. The van der Waals surface area contributed by atoms with Crippen LogP contribution in [-0.2, 0) is 9.47 Å². The minimum absolute atomic E-state index is 0.174. The van der Waals surface area contributed by atoms with Crippen LogP contribution in [0.3, 0.4) is 0 Å². The molecule has 94 valence electrons. The number of hydrogen-bond donors (Lipinski definition) is 2. The van der Waals surface area contributed by atoms with Crippen molar-refractivity contribution in [1.82, 2.24) is 9.55 Å². The van der Waals surface area contributed by atoms with Crippen LogP contribution in [-0.4, -0.2) is 40.6 Å². The molecule has 1 aliphatic heterocycles. The minimum atomic E-state index is -0.532. The first-order valence-electron chi connectivity index (χ1n) is 5.26. The fourth-order valence-electron chi connectivity index (χ4n) is 1.94. The molecule has 0 spiro atoms. The van der Waals surface area contributed by atoms with Gasteiger partial charge in [-0.1, -0.05) is 0 Å². The van der Waals surface area contributed by atoms with E-state index in [4.69, 9.17) is 14.6 Å².